The monoisotopic (exact) mass is 342 g/mol. The molecule has 3 rings (SSSR count). The molecule has 0 fully saturated rings. The lowest BCUT2D eigenvalue weighted by Crippen LogP contribution is -2.02. The highest BCUT2D eigenvalue weighted by Gasteiger charge is 2.36. The quantitative estimate of drug-likeness (QED) is 0.678. The van der Waals surface area contributed by atoms with Crippen LogP contribution in [0.3, 0.4) is 0 Å². The van der Waals surface area contributed by atoms with Crippen LogP contribution >= 0.6 is 0 Å². The van der Waals surface area contributed by atoms with E-state index in [0.29, 0.717) is 10.9 Å². The normalized spacial score (nSPS) is 12.3. The Kier molecular flexibility index (Phi) is 3.98. The van der Waals surface area contributed by atoms with Crippen LogP contribution < -0.4 is 4.74 Å². The Balaban J connectivity index is 1.79. The zero-order chi connectivity index (χ0) is 17.5. The maximum Gasteiger partial charge on any atom is 0.452 e. The first-order valence-electron chi connectivity index (χ1n) is 7.22. The third-order valence-electron chi connectivity index (χ3n) is 3.53. The molecule has 0 saturated heterocycles. The Labute approximate surface area is 134 Å². The Bertz CT molecular complexity index is 865. The molecule has 128 valence electrons. The lowest BCUT2D eigenvalue weighted by atomic mass is 10.1. The standard InChI is InChI=1S/C16H14F4N2O2/c1-8(2)12-4-9-3-11(17)14(6-13(9)21-12)23-7-10-5-15(24-22-10)16(18,19)20/h3-6,8,21H,7H2,1-2H3. The summed E-state index contributed by atoms with van der Waals surface area (Å²) in [4.78, 5) is 3.16. The van der Waals surface area contributed by atoms with Crippen molar-refractivity contribution in [2.24, 2.45) is 0 Å². The van der Waals surface area contributed by atoms with Gasteiger partial charge in [-0.1, -0.05) is 19.0 Å². The van der Waals surface area contributed by atoms with Crippen LogP contribution in [-0.4, -0.2) is 10.1 Å². The SMILES string of the molecule is CC(C)c1cc2cc(F)c(OCc3cc(C(F)(F)F)on3)cc2[nH]1. The smallest absolute Gasteiger partial charge is 0.452 e. The second-order valence-electron chi connectivity index (χ2n) is 5.72. The van der Waals surface area contributed by atoms with Crippen LogP contribution in [0.15, 0.2) is 28.8 Å². The lowest BCUT2D eigenvalue weighted by Gasteiger charge is -2.05. The summed E-state index contributed by atoms with van der Waals surface area (Å²) < 4.78 is 60.8. The summed E-state index contributed by atoms with van der Waals surface area (Å²) in [7, 11) is 0. The molecule has 2 aromatic heterocycles. The molecule has 0 radical (unpaired) electrons. The van der Waals surface area contributed by atoms with Gasteiger partial charge in [-0.25, -0.2) is 4.39 Å². The number of aromatic amines is 1. The minimum atomic E-state index is -4.62. The van der Waals surface area contributed by atoms with Crippen LogP contribution in [0.4, 0.5) is 17.6 Å². The molecule has 0 aliphatic rings. The van der Waals surface area contributed by atoms with Crippen LogP contribution in [0.25, 0.3) is 10.9 Å². The minimum absolute atomic E-state index is 0.0729. The second kappa shape index (κ2) is 5.85. The largest absolute Gasteiger partial charge is 0.484 e. The fourth-order valence-corrected chi connectivity index (χ4v) is 2.24. The number of nitrogens with zero attached hydrogens (tertiary/aromatic N) is 1. The third-order valence-corrected chi connectivity index (χ3v) is 3.53. The van der Waals surface area contributed by atoms with Gasteiger partial charge in [-0.3, -0.25) is 0 Å². The second-order valence-corrected chi connectivity index (χ2v) is 5.72. The van der Waals surface area contributed by atoms with Gasteiger partial charge >= 0.3 is 6.18 Å². The van der Waals surface area contributed by atoms with Gasteiger partial charge in [0.05, 0.1) is 0 Å². The van der Waals surface area contributed by atoms with Crippen LogP contribution in [0, 0.1) is 5.82 Å². The highest BCUT2D eigenvalue weighted by Crippen LogP contribution is 2.31. The summed E-state index contributed by atoms with van der Waals surface area (Å²) in [6.45, 7) is 3.67. The topological polar surface area (TPSA) is 51.1 Å². The van der Waals surface area contributed by atoms with Crippen molar-refractivity contribution in [3.63, 3.8) is 0 Å². The van der Waals surface area contributed by atoms with E-state index in [0.717, 1.165) is 11.8 Å². The number of rotatable bonds is 4. The van der Waals surface area contributed by atoms with Crippen molar-refractivity contribution in [3.05, 3.63) is 47.2 Å². The number of nitrogens with one attached hydrogen (secondary N) is 1. The van der Waals surface area contributed by atoms with E-state index in [9.17, 15) is 17.6 Å². The molecule has 8 heteroatoms. The summed E-state index contributed by atoms with van der Waals surface area (Å²) in [6, 6.07) is 5.36. The summed E-state index contributed by atoms with van der Waals surface area (Å²) in [5, 5.41) is 3.97. The molecule has 2 heterocycles. The Morgan fingerprint density at radius 1 is 1.21 bits per heavy atom. The first kappa shape index (κ1) is 16.4. The molecule has 4 nitrogen and oxygen atoms in total. The zero-order valence-electron chi connectivity index (χ0n) is 12.9. The molecule has 1 aromatic carbocycles. The molecule has 1 N–H and O–H groups in total. The first-order chi connectivity index (χ1) is 11.2. The van der Waals surface area contributed by atoms with Gasteiger partial charge in [0.15, 0.2) is 11.6 Å². The van der Waals surface area contributed by atoms with E-state index >= 15 is 0 Å². The van der Waals surface area contributed by atoms with Crippen molar-refractivity contribution in [3.8, 4) is 5.75 Å². The molecule has 0 aliphatic carbocycles. The van der Waals surface area contributed by atoms with E-state index in [4.69, 9.17) is 4.74 Å². The molecule has 3 aromatic rings. The average molecular weight is 342 g/mol. The van der Waals surface area contributed by atoms with E-state index in [2.05, 4.69) is 14.7 Å². The highest BCUT2D eigenvalue weighted by molar-refractivity contribution is 5.82. The predicted molar refractivity (Wildman–Crippen MR) is 78.2 cm³/mol. The number of fused-ring (bicyclic) bond motifs is 1. The fraction of sp³-hybridized carbons (Fsp3) is 0.312. The van der Waals surface area contributed by atoms with Gasteiger partial charge in [0.2, 0.25) is 5.76 Å². The predicted octanol–water partition coefficient (Wildman–Crippen LogP) is 5.02. The average Bonchev–Trinajstić information content (AvgIpc) is 3.10. The minimum Gasteiger partial charge on any atom is -0.484 e. The Morgan fingerprint density at radius 3 is 2.58 bits per heavy atom. The van der Waals surface area contributed by atoms with Gasteiger partial charge < -0.3 is 14.2 Å². The Morgan fingerprint density at radius 2 is 1.96 bits per heavy atom. The number of alkyl halides is 3. The van der Waals surface area contributed by atoms with Crippen molar-refractivity contribution in [2.75, 3.05) is 0 Å². The van der Waals surface area contributed by atoms with Crippen molar-refractivity contribution in [1.82, 2.24) is 10.1 Å². The van der Waals surface area contributed by atoms with Crippen molar-refractivity contribution >= 4 is 10.9 Å². The van der Waals surface area contributed by atoms with E-state index < -0.39 is 17.8 Å². The van der Waals surface area contributed by atoms with Crippen molar-refractivity contribution < 1.29 is 26.8 Å². The molecule has 0 spiro atoms. The van der Waals surface area contributed by atoms with Crippen LogP contribution in [0.2, 0.25) is 0 Å². The third kappa shape index (κ3) is 3.22. The lowest BCUT2D eigenvalue weighted by molar-refractivity contribution is -0.155. The highest BCUT2D eigenvalue weighted by atomic mass is 19.4. The molecule has 0 saturated carbocycles. The number of halogens is 4. The number of hydrogen-bond donors (Lipinski definition) is 1. The number of aromatic nitrogens is 2. The number of H-pyrrole nitrogens is 1. The molecule has 0 unspecified atom stereocenters. The number of ether oxygens (including phenoxy) is 1. The van der Waals surface area contributed by atoms with Crippen molar-refractivity contribution in [2.45, 2.75) is 32.5 Å². The zero-order valence-corrected chi connectivity index (χ0v) is 12.9. The van der Waals surface area contributed by atoms with E-state index in [1.165, 1.54) is 12.1 Å². The maximum absolute atomic E-state index is 14.1. The van der Waals surface area contributed by atoms with Crippen LogP contribution in [-0.2, 0) is 12.8 Å². The van der Waals surface area contributed by atoms with Gasteiger partial charge in [-0.05, 0) is 18.1 Å². The molecule has 24 heavy (non-hydrogen) atoms. The molecule has 0 atom stereocenters. The summed E-state index contributed by atoms with van der Waals surface area (Å²) in [6.07, 6.45) is -4.62. The molecular weight excluding hydrogens is 328 g/mol. The number of hydrogen-bond acceptors (Lipinski definition) is 3. The van der Waals surface area contributed by atoms with Crippen LogP contribution in [0.5, 0.6) is 5.75 Å². The first-order valence-corrected chi connectivity index (χ1v) is 7.22. The van der Waals surface area contributed by atoms with Crippen molar-refractivity contribution in [1.29, 1.82) is 0 Å². The van der Waals surface area contributed by atoms with Gasteiger partial charge in [0, 0.05) is 28.7 Å². The fourth-order valence-electron chi connectivity index (χ4n) is 2.24. The molecule has 0 amide bonds. The summed E-state index contributed by atoms with van der Waals surface area (Å²) in [5.74, 6) is -1.64. The van der Waals surface area contributed by atoms with E-state index in [-0.39, 0.29) is 24.0 Å². The van der Waals surface area contributed by atoms with Gasteiger partial charge in [-0.15, -0.1) is 0 Å². The molecule has 0 aliphatic heterocycles. The van der Waals surface area contributed by atoms with E-state index in [1.54, 1.807) is 0 Å². The van der Waals surface area contributed by atoms with Gasteiger partial charge in [0.25, 0.3) is 0 Å². The van der Waals surface area contributed by atoms with Crippen LogP contribution in [0.1, 0.15) is 36.9 Å². The molecular formula is C16H14F4N2O2. The maximum atomic E-state index is 14.1. The molecule has 0 bridgehead atoms. The van der Waals surface area contributed by atoms with E-state index in [1.807, 2.05) is 19.9 Å². The Hall–Kier alpha value is -2.51. The van der Waals surface area contributed by atoms with Gasteiger partial charge in [-0.2, -0.15) is 13.2 Å². The number of benzene rings is 1. The summed E-state index contributed by atoms with van der Waals surface area (Å²) in [5.41, 5.74) is 1.57. The van der Waals surface area contributed by atoms with Gasteiger partial charge in [0.1, 0.15) is 12.3 Å². The summed E-state index contributed by atoms with van der Waals surface area (Å²) >= 11 is 0.